The van der Waals surface area contributed by atoms with Gasteiger partial charge in [0.05, 0.1) is 6.10 Å². The summed E-state index contributed by atoms with van der Waals surface area (Å²) in [5.41, 5.74) is 0. The lowest BCUT2D eigenvalue weighted by Crippen LogP contribution is -2.25. The summed E-state index contributed by atoms with van der Waals surface area (Å²) >= 11 is 0. The van der Waals surface area contributed by atoms with Crippen LogP contribution in [0.25, 0.3) is 0 Å². The lowest BCUT2D eigenvalue weighted by atomic mass is 10.3. The normalized spacial score (nSPS) is 24.0. The standard InChI is InChI=1S/C13H20N4O/c1-10-14-12(16-5-2-3-6-16)8-13(15-10)17-7-4-11(18)9-17/h8,11,18H,2-7,9H2,1H3. The van der Waals surface area contributed by atoms with Gasteiger partial charge in [0, 0.05) is 32.2 Å². The van der Waals surface area contributed by atoms with Gasteiger partial charge in [-0.1, -0.05) is 0 Å². The summed E-state index contributed by atoms with van der Waals surface area (Å²) in [6, 6.07) is 2.07. The quantitative estimate of drug-likeness (QED) is 0.844. The zero-order chi connectivity index (χ0) is 12.5. The first-order valence-electron chi connectivity index (χ1n) is 6.76. The molecule has 1 unspecified atom stereocenters. The van der Waals surface area contributed by atoms with Gasteiger partial charge in [-0.05, 0) is 26.2 Å². The molecule has 2 saturated heterocycles. The molecule has 98 valence electrons. The molecule has 0 aromatic carbocycles. The summed E-state index contributed by atoms with van der Waals surface area (Å²) in [5.74, 6) is 2.81. The second-order valence-corrected chi connectivity index (χ2v) is 5.21. The minimum Gasteiger partial charge on any atom is -0.391 e. The number of nitrogens with zero attached hydrogens (tertiary/aromatic N) is 4. The molecule has 0 aliphatic carbocycles. The van der Waals surface area contributed by atoms with Crippen LogP contribution < -0.4 is 9.80 Å². The van der Waals surface area contributed by atoms with Crippen LogP contribution >= 0.6 is 0 Å². The van der Waals surface area contributed by atoms with E-state index < -0.39 is 0 Å². The summed E-state index contributed by atoms with van der Waals surface area (Å²) in [5, 5.41) is 9.62. The van der Waals surface area contributed by atoms with Crippen molar-refractivity contribution >= 4 is 11.6 Å². The van der Waals surface area contributed by atoms with Crippen molar-refractivity contribution in [2.75, 3.05) is 36.0 Å². The first-order chi connectivity index (χ1) is 8.72. The Bertz CT molecular complexity index is 431. The summed E-state index contributed by atoms with van der Waals surface area (Å²) in [6.07, 6.45) is 3.12. The van der Waals surface area contributed by atoms with E-state index in [0.29, 0.717) is 6.54 Å². The number of aromatic nitrogens is 2. The second kappa shape index (κ2) is 4.72. The molecule has 1 aromatic heterocycles. The molecule has 1 aromatic rings. The van der Waals surface area contributed by atoms with Crippen molar-refractivity contribution in [3.8, 4) is 0 Å². The average molecular weight is 248 g/mol. The SMILES string of the molecule is Cc1nc(N2CCCC2)cc(N2CCC(O)C2)n1. The van der Waals surface area contributed by atoms with E-state index in [0.717, 1.165) is 43.5 Å². The predicted molar refractivity (Wildman–Crippen MR) is 71.1 cm³/mol. The molecule has 0 bridgehead atoms. The first kappa shape index (κ1) is 11.7. The fourth-order valence-corrected chi connectivity index (χ4v) is 2.76. The maximum absolute atomic E-state index is 9.62. The Kier molecular flexibility index (Phi) is 3.07. The maximum atomic E-state index is 9.62. The highest BCUT2D eigenvalue weighted by Gasteiger charge is 2.23. The molecule has 3 rings (SSSR count). The number of aliphatic hydroxyl groups excluding tert-OH is 1. The summed E-state index contributed by atoms with van der Waals surface area (Å²) in [7, 11) is 0. The highest BCUT2D eigenvalue weighted by Crippen LogP contribution is 2.24. The van der Waals surface area contributed by atoms with E-state index in [1.54, 1.807) is 0 Å². The zero-order valence-corrected chi connectivity index (χ0v) is 10.8. The Morgan fingerprint density at radius 2 is 1.78 bits per heavy atom. The van der Waals surface area contributed by atoms with Crippen LogP contribution in [0.2, 0.25) is 0 Å². The number of aliphatic hydroxyl groups is 1. The average Bonchev–Trinajstić information content (AvgIpc) is 2.98. The van der Waals surface area contributed by atoms with Crippen molar-refractivity contribution in [3.63, 3.8) is 0 Å². The number of hydrogen-bond acceptors (Lipinski definition) is 5. The van der Waals surface area contributed by atoms with Crippen LogP contribution in [0, 0.1) is 6.92 Å². The molecule has 2 fully saturated rings. The number of rotatable bonds is 2. The Hall–Kier alpha value is -1.36. The number of aryl methyl sites for hydroxylation is 1. The van der Waals surface area contributed by atoms with Crippen LogP contribution in [0.3, 0.4) is 0 Å². The van der Waals surface area contributed by atoms with E-state index in [-0.39, 0.29) is 6.10 Å². The second-order valence-electron chi connectivity index (χ2n) is 5.21. The molecule has 0 saturated carbocycles. The Labute approximate surface area is 107 Å². The van der Waals surface area contributed by atoms with Crippen LogP contribution in [-0.4, -0.2) is 47.4 Å². The first-order valence-corrected chi connectivity index (χ1v) is 6.76. The molecule has 18 heavy (non-hydrogen) atoms. The van der Waals surface area contributed by atoms with Crippen LogP contribution in [0.15, 0.2) is 6.07 Å². The Balaban J connectivity index is 1.85. The fraction of sp³-hybridized carbons (Fsp3) is 0.692. The third-order valence-corrected chi connectivity index (χ3v) is 3.73. The molecule has 1 atom stereocenters. The minimum atomic E-state index is -0.212. The van der Waals surface area contributed by atoms with E-state index in [1.165, 1.54) is 12.8 Å². The molecular weight excluding hydrogens is 228 g/mol. The van der Waals surface area contributed by atoms with Crippen LogP contribution in [0.4, 0.5) is 11.6 Å². The highest BCUT2D eigenvalue weighted by atomic mass is 16.3. The van der Waals surface area contributed by atoms with Gasteiger partial charge < -0.3 is 14.9 Å². The Morgan fingerprint density at radius 1 is 1.11 bits per heavy atom. The predicted octanol–water partition coefficient (Wildman–Crippen LogP) is 0.956. The molecule has 5 nitrogen and oxygen atoms in total. The van der Waals surface area contributed by atoms with Gasteiger partial charge in [0.2, 0.25) is 0 Å². The molecule has 5 heteroatoms. The van der Waals surface area contributed by atoms with Crippen LogP contribution in [0.5, 0.6) is 0 Å². The van der Waals surface area contributed by atoms with E-state index >= 15 is 0 Å². The largest absolute Gasteiger partial charge is 0.391 e. The Morgan fingerprint density at radius 3 is 2.39 bits per heavy atom. The minimum absolute atomic E-state index is 0.212. The van der Waals surface area contributed by atoms with Crippen molar-refractivity contribution < 1.29 is 5.11 Å². The van der Waals surface area contributed by atoms with Gasteiger partial charge in [-0.3, -0.25) is 0 Å². The summed E-state index contributed by atoms with van der Waals surface area (Å²) < 4.78 is 0. The molecule has 3 heterocycles. The smallest absolute Gasteiger partial charge is 0.134 e. The van der Waals surface area contributed by atoms with Crippen LogP contribution in [0.1, 0.15) is 25.1 Å². The third kappa shape index (κ3) is 2.27. The monoisotopic (exact) mass is 248 g/mol. The van der Waals surface area contributed by atoms with E-state index in [2.05, 4.69) is 25.8 Å². The molecule has 1 N–H and O–H groups in total. The van der Waals surface area contributed by atoms with E-state index in [1.807, 2.05) is 6.92 Å². The molecule has 2 aliphatic rings. The topological polar surface area (TPSA) is 52.5 Å². The van der Waals surface area contributed by atoms with Crippen LogP contribution in [-0.2, 0) is 0 Å². The van der Waals surface area contributed by atoms with Gasteiger partial charge in [0.15, 0.2) is 0 Å². The summed E-state index contributed by atoms with van der Waals surface area (Å²) in [4.78, 5) is 13.5. The van der Waals surface area contributed by atoms with Gasteiger partial charge in [-0.25, -0.2) is 9.97 Å². The van der Waals surface area contributed by atoms with Crippen molar-refractivity contribution in [2.45, 2.75) is 32.3 Å². The summed E-state index contributed by atoms with van der Waals surface area (Å²) in [6.45, 7) is 5.71. The fourth-order valence-electron chi connectivity index (χ4n) is 2.76. The highest BCUT2D eigenvalue weighted by molar-refractivity contribution is 5.52. The zero-order valence-electron chi connectivity index (χ0n) is 10.8. The lowest BCUT2D eigenvalue weighted by Gasteiger charge is -2.21. The number of β-amino-alcohol motifs (C(OH)–C–C–N with tert-alkyl or cyclic N) is 1. The van der Waals surface area contributed by atoms with Crippen molar-refractivity contribution in [1.29, 1.82) is 0 Å². The molecule has 2 aliphatic heterocycles. The van der Waals surface area contributed by atoms with Gasteiger partial charge in [0.25, 0.3) is 0 Å². The number of anilines is 2. The van der Waals surface area contributed by atoms with Crippen molar-refractivity contribution in [1.82, 2.24) is 9.97 Å². The van der Waals surface area contributed by atoms with Gasteiger partial charge >= 0.3 is 0 Å². The molecule has 0 radical (unpaired) electrons. The molecular formula is C13H20N4O. The molecule has 0 amide bonds. The van der Waals surface area contributed by atoms with Crippen molar-refractivity contribution in [2.24, 2.45) is 0 Å². The maximum Gasteiger partial charge on any atom is 0.134 e. The van der Waals surface area contributed by atoms with E-state index in [9.17, 15) is 5.11 Å². The molecule has 0 spiro atoms. The third-order valence-electron chi connectivity index (χ3n) is 3.73. The van der Waals surface area contributed by atoms with Crippen molar-refractivity contribution in [3.05, 3.63) is 11.9 Å². The number of hydrogen-bond donors (Lipinski definition) is 1. The van der Waals surface area contributed by atoms with Gasteiger partial charge in [-0.15, -0.1) is 0 Å². The van der Waals surface area contributed by atoms with E-state index in [4.69, 9.17) is 0 Å². The van der Waals surface area contributed by atoms with Gasteiger partial charge in [0.1, 0.15) is 17.5 Å². The lowest BCUT2D eigenvalue weighted by molar-refractivity contribution is 0.198. The van der Waals surface area contributed by atoms with Gasteiger partial charge in [-0.2, -0.15) is 0 Å².